The van der Waals surface area contributed by atoms with Crippen molar-refractivity contribution in [1.29, 1.82) is 5.26 Å². The van der Waals surface area contributed by atoms with Crippen LogP contribution in [0.2, 0.25) is 0 Å². The summed E-state index contributed by atoms with van der Waals surface area (Å²) in [5.74, 6) is 0. The Morgan fingerprint density at radius 3 is 2.69 bits per heavy atom. The summed E-state index contributed by atoms with van der Waals surface area (Å²) in [6, 6.07) is 1.51. The van der Waals surface area contributed by atoms with Crippen molar-refractivity contribution in [3.63, 3.8) is 0 Å². The highest BCUT2D eigenvalue weighted by molar-refractivity contribution is 9.08. The molecule has 0 aliphatic carbocycles. The van der Waals surface area contributed by atoms with E-state index in [1.54, 1.807) is 0 Å². The zero-order valence-electron chi connectivity index (χ0n) is 7.65. The molecule has 0 saturated heterocycles. The highest BCUT2D eigenvalue weighted by atomic mass is 79.9. The Bertz CT molecular complexity index is 473. The lowest BCUT2D eigenvalue weighted by atomic mass is 10.1. The van der Waals surface area contributed by atoms with Crippen molar-refractivity contribution in [3.05, 3.63) is 33.1 Å². The molecule has 0 aromatic carbocycles. The number of halogens is 3. The van der Waals surface area contributed by atoms with Crippen molar-refractivity contribution in [1.82, 2.24) is 4.98 Å². The first kappa shape index (κ1) is 12.4. The summed E-state index contributed by atoms with van der Waals surface area (Å²) in [5.41, 5.74) is -2.10. The van der Waals surface area contributed by atoms with Crippen LogP contribution in [0.3, 0.4) is 0 Å². The summed E-state index contributed by atoms with van der Waals surface area (Å²) >= 11 is 2.97. The predicted molar refractivity (Wildman–Crippen MR) is 53.2 cm³/mol. The van der Waals surface area contributed by atoms with E-state index in [1.807, 2.05) is 0 Å². The molecule has 1 heterocycles. The average molecular weight is 292 g/mol. The van der Waals surface area contributed by atoms with Gasteiger partial charge in [-0.3, -0.25) is 15.1 Å². The van der Waals surface area contributed by atoms with Crippen LogP contribution in [-0.4, -0.2) is 9.91 Å². The van der Waals surface area contributed by atoms with E-state index in [2.05, 4.69) is 20.9 Å². The fourth-order valence-corrected chi connectivity index (χ4v) is 1.57. The van der Waals surface area contributed by atoms with Crippen molar-refractivity contribution in [3.8, 4) is 6.07 Å². The van der Waals surface area contributed by atoms with Gasteiger partial charge in [-0.15, -0.1) is 0 Å². The molecule has 5 nitrogen and oxygen atoms in total. The van der Waals surface area contributed by atoms with E-state index in [9.17, 15) is 18.9 Å². The molecule has 0 unspecified atom stereocenters. The highest BCUT2D eigenvalue weighted by Gasteiger charge is 2.28. The van der Waals surface area contributed by atoms with Gasteiger partial charge in [0.05, 0.1) is 16.2 Å². The summed E-state index contributed by atoms with van der Waals surface area (Å²) in [4.78, 5) is 13.1. The van der Waals surface area contributed by atoms with Crippen molar-refractivity contribution in [2.45, 2.75) is 11.8 Å². The quantitative estimate of drug-likeness (QED) is 0.487. The first-order valence-corrected chi connectivity index (χ1v) is 5.05. The number of hydrogen-bond acceptors (Lipinski definition) is 4. The number of nitriles is 1. The van der Waals surface area contributed by atoms with Gasteiger partial charge in [0, 0.05) is 5.33 Å². The van der Waals surface area contributed by atoms with Crippen molar-refractivity contribution in [2.75, 3.05) is 0 Å². The number of alkyl halides is 3. The largest absolute Gasteiger partial charge is 0.297 e. The lowest BCUT2D eigenvalue weighted by Crippen LogP contribution is -2.04. The second-order valence-electron chi connectivity index (χ2n) is 2.68. The number of nitro groups is 1. The third-order valence-corrected chi connectivity index (χ3v) is 2.36. The van der Waals surface area contributed by atoms with E-state index >= 15 is 0 Å². The molecule has 84 valence electrons. The van der Waals surface area contributed by atoms with Gasteiger partial charge in [0.15, 0.2) is 0 Å². The van der Waals surface area contributed by atoms with Gasteiger partial charge in [-0.2, -0.15) is 5.26 Å². The molecule has 16 heavy (non-hydrogen) atoms. The maximum Gasteiger partial charge on any atom is 0.297 e. The van der Waals surface area contributed by atoms with Gasteiger partial charge in [-0.1, -0.05) is 15.9 Å². The van der Waals surface area contributed by atoms with Crippen molar-refractivity contribution >= 4 is 21.6 Å². The molecule has 0 aliphatic heterocycles. The first-order valence-electron chi connectivity index (χ1n) is 3.93. The Morgan fingerprint density at radius 2 is 2.31 bits per heavy atom. The monoisotopic (exact) mass is 291 g/mol. The topological polar surface area (TPSA) is 79.8 Å². The summed E-state index contributed by atoms with van der Waals surface area (Å²) in [6.07, 6.45) is -2.35. The van der Waals surface area contributed by atoms with Crippen molar-refractivity contribution < 1.29 is 13.7 Å². The Hall–Kier alpha value is -1.62. The van der Waals surface area contributed by atoms with Crippen LogP contribution in [0.4, 0.5) is 14.5 Å². The molecule has 8 heteroatoms. The Kier molecular flexibility index (Phi) is 3.84. The van der Waals surface area contributed by atoms with Gasteiger partial charge in [0.25, 0.3) is 12.1 Å². The van der Waals surface area contributed by atoms with Gasteiger partial charge in [-0.25, -0.2) is 8.78 Å². The second kappa shape index (κ2) is 4.94. The lowest BCUT2D eigenvalue weighted by molar-refractivity contribution is -0.386. The number of hydrogen-bond donors (Lipinski definition) is 0. The molecule has 1 rings (SSSR count). The number of pyridine rings is 1. The predicted octanol–water partition coefficient (Wildman–Crippen LogP) is 2.69. The Labute approximate surface area is 97.0 Å². The molecule has 0 fully saturated rings. The summed E-state index contributed by atoms with van der Waals surface area (Å²) in [5, 5.41) is 19.3. The van der Waals surface area contributed by atoms with Gasteiger partial charge in [-0.05, 0) is 0 Å². The molecule has 0 bridgehead atoms. The van der Waals surface area contributed by atoms with Crippen LogP contribution in [0.1, 0.15) is 23.2 Å². The highest BCUT2D eigenvalue weighted by Crippen LogP contribution is 2.32. The van der Waals surface area contributed by atoms with Crippen LogP contribution in [0.15, 0.2) is 6.20 Å². The van der Waals surface area contributed by atoms with Crippen LogP contribution in [0.5, 0.6) is 0 Å². The van der Waals surface area contributed by atoms with Crippen molar-refractivity contribution in [2.24, 2.45) is 0 Å². The smallest absolute Gasteiger partial charge is 0.258 e. The molecular weight excluding hydrogens is 288 g/mol. The van der Waals surface area contributed by atoms with Gasteiger partial charge in [0.1, 0.15) is 17.8 Å². The third-order valence-electron chi connectivity index (χ3n) is 1.83. The zero-order valence-corrected chi connectivity index (χ0v) is 9.24. The van der Waals surface area contributed by atoms with E-state index in [0.29, 0.717) is 0 Å². The van der Waals surface area contributed by atoms with E-state index < -0.39 is 28.2 Å². The standard InChI is InChI=1S/C8H4BrF2N3O2/c9-1-5-4(2-12)7(8(10)11)6(3-13-5)14(15)16/h3,8H,1H2. The fraction of sp³-hybridized carbons (Fsp3) is 0.250. The minimum atomic E-state index is -3.09. The summed E-state index contributed by atoms with van der Waals surface area (Å²) in [6.45, 7) is 0. The summed E-state index contributed by atoms with van der Waals surface area (Å²) < 4.78 is 25.3. The van der Waals surface area contributed by atoms with Gasteiger partial charge in [0.2, 0.25) is 0 Å². The molecule has 0 saturated carbocycles. The van der Waals surface area contributed by atoms with E-state index in [-0.39, 0.29) is 11.0 Å². The molecule has 0 N–H and O–H groups in total. The van der Waals surface area contributed by atoms with E-state index in [1.165, 1.54) is 6.07 Å². The molecule has 0 atom stereocenters. The molecule has 0 radical (unpaired) electrons. The molecular formula is C8H4BrF2N3O2. The minimum Gasteiger partial charge on any atom is -0.258 e. The van der Waals surface area contributed by atoms with Crippen LogP contribution >= 0.6 is 15.9 Å². The number of nitrogens with zero attached hydrogens (tertiary/aromatic N) is 3. The van der Waals surface area contributed by atoms with Crippen LogP contribution in [-0.2, 0) is 5.33 Å². The Balaban J connectivity index is 3.58. The lowest BCUT2D eigenvalue weighted by Gasteiger charge is -2.06. The normalized spacial score (nSPS) is 10.2. The number of rotatable bonds is 3. The van der Waals surface area contributed by atoms with Gasteiger partial charge < -0.3 is 0 Å². The fourth-order valence-electron chi connectivity index (χ4n) is 1.15. The zero-order chi connectivity index (χ0) is 12.3. The SMILES string of the molecule is N#Cc1c(CBr)ncc([N+](=O)[O-])c1C(F)F. The molecule has 1 aromatic heterocycles. The van der Waals surface area contributed by atoms with Crippen LogP contribution in [0, 0.1) is 21.4 Å². The minimum absolute atomic E-state index is 0.0587. The molecule has 0 aliphatic rings. The summed E-state index contributed by atoms with van der Waals surface area (Å²) in [7, 11) is 0. The van der Waals surface area contributed by atoms with Gasteiger partial charge >= 0.3 is 0 Å². The Morgan fingerprint density at radius 1 is 1.69 bits per heavy atom. The average Bonchev–Trinajstić information content (AvgIpc) is 2.26. The van der Waals surface area contributed by atoms with E-state index in [0.717, 1.165) is 6.20 Å². The number of aromatic nitrogens is 1. The van der Waals surface area contributed by atoms with E-state index in [4.69, 9.17) is 5.26 Å². The molecule has 0 spiro atoms. The van der Waals surface area contributed by atoms with Crippen LogP contribution < -0.4 is 0 Å². The second-order valence-corrected chi connectivity index (χ2v) is 3.24. The third kappa shape index (κ3) is 2.14. The first-order chi connectivity index (χ1) is 7.52. The molecule has 0 amide bonds. The maximum absolute atomic E-state index is 12.7. The maximum atomic E-state index is 12.7. The van der Waals surface area contributed by atoms with Crippen LogP contribution in [0.25, 0.3) is 0 Å². The molecule has 1 aromatic rings.